The van der Waals surface area contributed by atoms with E-state index in [0.717, 1.165) is 18.4 Å². The van der Waals surface area contributed by atoms with E-state index in [1.807, 2.05) is 44.2 Å². The summed E-state index contributed by atoms with van der Waals surface area (Å²) in [6, 6.07) is 9.60. The maximum Gasteiger partial charge on any atom is 0.453 e. The zero-order valence-corrected chi connectivity index (χ0v) is 12.7. The highest BCUT2D eigenvalue weighted by atomic mass is 17.2. The molecule has 0 bridgehead atoms. The lowest BCUT2D eigenvalue weighted by atomic mass is 10.1. The Kier molecular flexibility index (Phi) is 7.94. The average molecular weight is 293 g/mol. The standard InChI is InChI=1S/C16H23NO4/c1-3-5-13-17(4-2)16(19)21-20-15(18)12-11-14-9-7-6-8-10-14/h6-10H,3-5,11-13H2,1-2H3. The van der Waals surface area contributed by atoms with E-state index in [0.29, 0.717) is 19.5 Å². The van der Waals surface area contributed by atoms with Gasteiger partial charge in [0.2, 0.25) is 0 Å². The van der Waals surface area contributed by atoms with Crippen LogP contribution in [-0.4, -0.2) is 30.1 Å². The number of hydrogen-bond acceptors (Lipinski definition) is 4. The fourth-order valence-corrected chi connectivity index (χ4v) is 1.80. The Morgan fingerprint density at radius 1 is 1.10 bits per heavy atom. The first kappa shape index (κ1) is 17.0. The third-order valence-corrected chi connectivity index (χ3v) is 3.09. The minimum Gasteiger partial charge on any atom is -0.305 e. The minimum absolute atomic E-state index is 0.179. The van der Waals surface area contributed by atoms with Crippen molar-refractivity contribution < 1.29 is 19.4 Å². The average Bonchev–Trinajstić information content (AvgIpc) is 2.52. The predicted octanol–water partition coefficient (Wildman–Crippen LogP) is 3.34. The molecule has 0 aliphatic rings. The van der Waals surface area contributed by atoms with Crippen molar-refractivity contribution in [3.05, 3.63) is 35.9 Å². The van der Waals surface area contributed by atoms with Crippen LogP contribution in [0.2, 0.25) is 0 Å². The highest BCUT2D eigenvalue weighted by Crippen LogP contribution is 2.04. The Morgan fingerprint density at radius 2 is 1.81 bits per heavy atom. The van der Waals surface area contributed by atoms with E-state index in [1.165, 1.54) is 4.90 Å². The Hall–Kier alpha value is -2.04. The molecule has 0 aliphatic carbocycles. The fraction of sp³-hybridized carbons (Fsp3) is 0.500. The molecule has 0 unspecified atom stereocenters. The lowest BCUT2D eigenvalue weighted by molar-refractivity contribution is -0.237. The molecule has 1 amide bonds. The molecule has 5 heteroatoms. The van der Waals surface area contributed by atoms with E-state index < -0.39 is 12.1 Å². The van der Waals surface area contributed by atoms with Crippen molar-refractivity contribution in [3.8, 4) is 0 Å². The molecule has 1 rings (SSSR count). The largest absolute Gasteiger partial charge is 0.453 e. The van der Waals surface area contributed by atoms with Crippen LogP contribution >= 0.6 is 0 Å². The summed E-state index contributed by atoms with van der Waals surface area (Å²) in [5, 5.41) is 0. The van der Waals surface area contributed by atoms with Crippen LogP contribution < -0.4 is 0 Å². The van der Waals surface area contributed by atoms with Gasteiger partial charge in [0.25, 0.3) is 0 Å². The second-order valence-corrected chi connectivity index (χ2v) is 4.72. The van der Waals surface area contributed by atoms with Crippen molar-refractivity contribution in [2.45, 2.75) is 39.5 Å². The van der Waals surface area contributed by atoms with Crippen LogP contribution in [0.15, 0.2) is 30.3 Å². The third kappa shape index (κ3) is 6.79. The molecule has 1 aromatic carbocycles. The predicted molar refractivity (Wildman–Crippen MR) is 79.5 cm³/mol. The van der Waals surface area contributed by atoms with Gasteiger partial charge in [-0.15, -0.1) is 0 Å². The summed E-state index contributed by atoms with van der Waals surface area (Å²) in [7, 11) is 0. The normalized spacial score (nSPS) is 10.0. The zero-order chi connectivity index (χ0) is 15.5. The van der Waals surface area contributed by atoms with Crippen molar-refractivity contribution in [2.75, 3.05) is 13.1 Å². The molecule has 5 nitrogen and oxygen atoms in total. The number of nitrogens with zero attached hydrogens (tertiary/aromatic N) is 1. The number of unbranched alkanes of at least 4 members (excludes halogenated alkanes) is 1. The summed E-state index contributed by atoms with van der Waals surface area (Å²) in [5.41, 5.74) is 1.04. The van der Waals surface area contributed by atoms with Gasteiger partial charge in [-0.05, 0) is 25.3 Å². The molecule has 0 aromatic heterocycles. The topological polar surface area (TPSA) is 55.8 Å². The molecule has 0 N–H and O–H groups in total. The van der Waals surface area contributed by atoms with E-state index in [2.05, 4.69) is 9.78 Å². The van der Waals surface area contributed by atoms with E-state index in [1.54, 1.807) is 0 Å². The van der Waals surface area contributed by atoms with Crippen LogP contribution in [0.5, 0.6) is 0 Å². The van der Waals surface area contributed by atoms with Gasteiger partial charge in [0.1, 0.15) is 0 Å². The van der Waals surface area contributed by atoms with Crippen LogP contribution in [0.1, 0.15) is 38.7 Å². The summed E-state index contributed by atoms with van der Waals surface area (Å²) in [6.07, 6.45) is 2.01. The van der Waals surface area contributed by atoms with Crippen molar-refractivity contribution in [2.24, 2.45) is 0 Å². The number of hydrogen-bond donors (Lipinski definition) is 0. The molecule has 116 valence electrons. The molecule has 0 fully saturated rings. The Bertz CT molecular complexity index is 433. The van der Waals surface area contributed by atoms with Gasteiger partial charge in [0.05, 0.1) is 6.42 Å². The lowest BCUT2D eigenvalue weighted by Crippen LogP contribution is -2.32. The number of amides is 1. The Morgan fingerprint density at radius 3 is 2.43 bits per heavy atom. The highest BCUT2D eigenvalue weighted by Gasteiger charge is 2.16. The van der Waals surface area contributed by atoms with Gasteiger partial charge in [-0.25, -0.2) is 19.4 Å². The summed E-state index contributed by atoms with van der Waals surface area (Å²) in [6.45, 7) is 5.03. The van der Waals surface area contributed by atoms with Gasteiger partial charge in [-0.2, -0.15) is 0 Å². The van der Waals surface area contributed by atoms with Gasteiger partial charge in [-0.1, -0.05) is 43.7 Å². The number of aryl methyl sites for hydroxylation is 1. The summed E-state index contributed by atoms with van der Waals surface area (Å²) < 4.78 is 0. The van der Waals surface area contributed by atoms with Crippen molar-refractivity contribution in [1.29, 1.82) is 0 Å². The van der Waals surface area contributed by atoms with Gasteiger partial charge in [-0.3, -0.25) is 0 Å². The van der Waals surface area contributed by atoms with Gasteiger partial charge in [0, 0.05) is 13.1 Å². The highest BCUT2D eigenvalue weighted by molar-refractivity contribution is 5.72. The second kappa shape index (κ2) is 9.80. The smallest absolute Gasteiger partial charge is 0.305 e. The van der Waals surface area contributed by atoms with Crippen LogP contribution in [0.4, 0.5) is 4.79 Å². The van der Waals surface area contributed by atoms with Crippen LogP contribution in [0, 0.1) is 0 Å². The molecule has 0 radical (unpaired) electrons. The molecular formula is C16H23NO4. The quantitative estimate of drug-likeness (QED) is 0.571. The van der Waals surface area contributed by atoms with Gasteiger partial charge < -0.3 is 4.90 Å². The SMILES string of the molecule is CCCCN(CC)C(=O)OOC(=O)CCc1ccccc1. The van der Waals surface area contributed by atoms with Crippen LogP contribution in [-0.2, 0) is 21.0 Å². The van der Waals surface area contributed by atoms with Crippen molar-refractivity contribution in [3.63, 3.8) is 0 Å². The third-order valence-electron chi connectivity index (χ3n) is 3.09. The van der Waals surface area contributed by atoms with Crippen molar-refractivity contribution in [1.82, 2.24) is 4.90 Å². The molecule has 0 saturated heterocycles. The summed E-state index contributed by atoms with van der Waals surface area (Å²) >= 11 is 0. The van der Waals surface area contributed by atoms with E-state index >= 15 is 0 Å². The van der Waals surface area contributed by atoms with Crippen molar-refractivity contribution >= 4 is 12.1 Å². The molecular weight excluding hydrogens is 270 g/mol. The van der Waals surface area contributed by atoms with E-state index in [-0.39, 0.29) is 6.42 Å². The monoisotopic (exact) mass is 293 g/mol. The second-order valence-electron chi connectivity index (χ2n) is 4.72. The van der Waals surface area contributed by atoms with Crippen LogP contribution in [0.25, 0.3) is 0 Å². The first-order valence-electron chi connectivity index (χ1n) is 7.37. The number of rotatable bonds is 7. The molecule has 1 aromatic rings. The number of benzene rings is 1. The fourth-order valence-electron chi connectivity index (χ4n) is 1.80. The molecule has 0 aliphatic heterocycles. The van der Waals surface area contributed by atoms with Gasteiger partial charge in [0.15, 0.2) is 0 Å². The number of carbonyl (C=O) groups excluding carboxylic acids is 2. The molecule has 21 heavy (non-hydrogen) atoms. The zero-order valence-electron chi connectivity index (χ0n) is 12.7. The first-order chi connectivity index (χ1) is 10.2. The number of carbonyl (C=O) groups is 2. The molecule has 0 spiro atoms. The Balaban J connectivity index is 2.26. The minimum atomic E-state index is -0.612. The van der Waals surface area contributed by atoms with E-state index in [9.17, 15) is 9.59 Å². The molecule has 0 heterocycles. The lowest BCUT2D eigenvalue weighted by Gasteiger charge is -2.18. The van der Waals surface area contributed by atoms with Gasteiger partial charge >= 0.3 is 12.1 Å². The summed E-state index contributed by atoms with van der Waals surface area (Å²) in [5.74, 6) is -0.543. The van der Waals surface area contributed by atoms with E-state index in [4.69, 9.17) is 0 Å². The molecule has 0 saturated carbocycles. The van der Waals surface area contributed by atoms with Crippen LogP contribution in [0.3, 0.4) is 0 Å². The molecule has 0 atom stereocenters. The Labute approximate surface area is 125 Å². The maximum atomic E-state index is 11.7. The first-order valence-corrected chi connectivity index (χ1v) is 7.37. The summed E-state index contributed by atoms with van der Waals surface area (Å²) in [4.78, 5) is 33.9. The maximum absolute atomic E-state index is 11.7.